The van der Waals surface area contributed by atoms with Crippen LogP contribution in [0.2, 0.25) is 0 Å². The van der Waals surface area contributed by atoms with Crippen LogP contribution in [0, 0.1) is 0 Å². The number of phenols is 1. The molecular formula is C18H25N3O4. The summed E-state index contributed by atoms with van der Waals surface area (Å²) in [6, 6.07) is 9.02. The largest absolute Gasteiger partial charge is 0.506 e. The lowest BCUT2D eigenvalue weighted by molar-refractivity contribution is -0.135. The lowest BCUT2D eigenvalue weighted by atomic mass is 9.97. The molecule has 0 radical (unpaired) electrons. The van der Waals surface area contributed by atoms with Crippen molar-refractivity contribution in [1.29, 1.82) is 0 Å². The number of hydrogen-bond donors (Lipinski definition) is 4. The van der Waals surface area contributed by atoms with Crippen molar-refractivity contribution in [1.82, 2.24) is 4.98 Å². The second-order valence-corrected chi connectivity index (χ2v) is 5.70. The highest BCUT2D eigenvalue weighted by Gasteiger charge is 2.06. The number of nitrogens with zero attached hydrogens (tertiary/aromatic N) is 1. The molecule has 0 aliphatic heterocycles. The first-order chi connectivity index (χ1) is 12.0. The monoisotopic (exact) mass is 347 g/mol. The Balaban J connectivity index is 0.000000219. The number of aromatic nitrogens is 1. The predicted octanol–water partition coefficient (Wildman–Crippen LogP) is 2.06. The number of hydrogen-bond acceptors (Lipinski definition) is 6. The highest BCUT2D eigenvalue weighted by Crippen LogP contribution is 2.21. The normalized spacial score (nSPS) is 13.8. The van der Waals surface area contributed by atoms with Gasteiger partial charge in [-0.3, -0.25) is 9.59 Å². The standard InChI is InChI=1S/C10H7NO2.C6H13N.C2H5NO2/c12-6-8-5-4-7-2-1-3-9(13)10(7)11-8;7-6-4-2-1-3-5-6;3-1-2(4)5/h1-6,13H;6H,1-5,7H2;1,3H2,(H,4,5). The van der Waals surface area contributed by atoms with E-state index in [1.54, 1.807) is 24.3 Å². The van der Waals surface area contributed by atoms with Crippen molar-refractivity contribution in [2.75, 3.05) is 6.54 Å². The molecule has 2 aromatic rings. The molecule has 0 amide bonds. The van der Waals surface area contributed by atoms with Crippen LogP contribution in [0.4, 0.5) is 0 Å². The molecule has 1 fully saturated rings. The summed E-state index contributed by atoms with van der Waals surface area (Å²) in [5.74, 6) is -0.869. The number of rotatable bonds is 2. The van der Waals surface area contributed by atoms with E-state index >= 15 is 0 Å². The van der Waals surface area contributed by atoms with Gasteiger partial charge < -0.3 is 21.7 Å². The topological polar surface area (TPSA) is 140 Å². The Morgan fingerprint density at radius 3 is 2.32 bits per heavy atom. The molecule has 25 heavy (non-hydrogen) atoms. The van der Waals surface area contributed by atoms with Gasteiger partial charge in [0.2, 0.25) is 0 Å². The number of carbonyl (C=O) groups excluding carboxylic acids is 1. The number of fused-ring (bicyclic) bond motifs is 1. The van der Waals surface area contributed by atoms with Gasteiger partial charge >= 0.3 is 5.97 Å². The van der Waals surface area contributed by atoms with Crippen LogP contribution in [0.15, 0.2) is 30.3 Å². The Hall–Kier alpha value is -2.51. The molecule has 1 heterocycles. The first kappa shape index (κ1) is 20.5. The fourth-order valence-corrected chi connectivity index (χ4v) is 2.35. The van der Waals surface area contributed by atoms with E-state index in [-0.39, 0.29) is 12.3 Å². The summed E-state index contributed by atoms with van der Waals surface area (Å²) in [6.07, 6.45) is 7.32. The average Bonchev–Trinajstić information content (AvgIpc) is 2.63. The summed E-state index contributed by atoms with van der Waals surface area (Å²) < 4.78 is 0. The number of phenolic OH excluding ortho intramolecular Hbond substituents is 1. The summed E-state index contributed by atoms with van der Waals surface area (Å²) in [5, 5.41) is 17.8. The van der Waals surface area contributed by atoms with Gasteiger partial charge in [0.25, 0.3) is 0 Å². The summed E-state index contributed by atoms with van der Waals surface area (Å²) in [5.41, 5.74) is 11.0. The van der Waals surface area contributed by atoms with Gasteiger partial charge in [-0.1, -0.05) is 37.5 Å². The Kier molecular flexibility index (Phi) is 9.13. The maximum Gasteiger partial charge on any atom is 0.317 e. The molecule has 1 aromatic carbocycles. The number of pyridine rings is 1. The van der Waals surface area contributed by atoms with E-state index in [4.69, 9.17) is 10.8 Å². The molecule has 1 aliphatic rings. The summed E-state index contributed by atoms with van der Waals surface area (Å²) in [6.45, 7) is -0.278. The van der Waals surface area contributed by atoms with Gasteiger partial charge in [0, 0.05) is 11.4 Å². The van der Waals surface area contributed by atoms with Crippen LogP contribution in [0.1, 0.15) is 42.6 Å². The summed E-state index contributed by atoms with van der Waals surface area (Å²) in [7, 11) is 0. The number of aliphatic carboxylic acids is 1. The van der Waals surface area contributed by atoms with E-state index in [0.29, 0.717) is 23.5 Å². The zero-order valence-electron chi connectivity index (χ0n) is 14.1. The maximum absolute atomic E-state index is 10.4. The smallest absolute Gasteiger partial charge is 0.317 e. The van der Waals surface area contributed by atoms with E-state index in [1.807, 2.05) is 6.07 Å². The van der Waals surface area contributed by atoms with E-state index in [2.05, 4.69) is 10.7 Å². The van der Waals surface area contributed by atoms with Crippen molar-refractivity contribution in [3.8, 4) is 5.75 Å². The molecule has 7 nitrogen and oxygen atoms in total. The molecule has 0 unspecified atom stereocenters. The molecule has 6 N–H and O–H groups in total. The number of carbonyl (C=O) groups is 2. The van der Waals surface area contributed by atoms with Crippen molar-refractivity contribution in [2.45, 2.75) is 38.1 Å². The Morgan fingerprint density at radius 1 is 1.20 bits per heavy atom. The van der Waals surface area contributed by atoms with Crippen molar-refractivity contribution in [3.05, 3.63) is 36.0 Å². The van der Waals surface area contributed by atoms with E-state index < -0.39 is 5.97 Å². The average molecular weight is 347 g/mol. The van der Waals surface area contributed by atoms with Gasteiger partial charge in [-0.25, -0.2) is 4.98 Å². The fraction of sp³-hybridized carbons (Fsp3) is 0.389. The third kappa shape index (κ3) is 7.73. The highest BCUT2D eigenvalue weighted by molar-refractivity contribution is 5.87. The second kappa shape index (κ2) is 11.1. The molecule has 0 atom stereocenters. The van der Waals surface area contributed by atoms with Crippen molar-refractivity contribution in [2.24, 2.45) is 11.5 Å². The quantitative estimate of drug-likeness (QED) is 0.610. The second-order valence-electron chi connectivity index (χ2n) is 5.70. The lowest BCUT2D eigenvalue weighted by Crippen LogP contribution is -2.22. The van der Waals surface area contributed by atoms with Gasteiger partial charge in [-0.2, -0.15) is 0 Å². The van der Waals surface area contributed by atoms with Crippen molar-refractivity contribution < 1.29 is 19.8 Å². The molecule has 1 aromatic heterocycles. The molecule has 0 bridgehead atoms. The number of carboxylic acid groups (broad SMARTS) is 1. The van der Waals surface area contributed by atoms with E-state index in [0.717, 1.165) is 5.39 Å². The van der Waals surface area contributed by atoms with Gasteiger partial charge in [0.05, 0.1) is 6.54 Å². The number of carboxylic acids is 1. The molecule has 3 rings (SSSR count). The zero-order chi connectivity index (χ0) is 18.7. The molecule has 7 heteroatoms. The van der Waals surface area contributed by atoms with E-state index in [9.17, 15) is 14.7 Å². The van der Waals surface area contributed by atoms with Crippen LogP contribution in [0.25, 0.3) is 10.9 Å². The van der Waals surface area contributed by atoms with Gasteiger partial charge in [-0.05, 0) is 25.0 Å². The van der Waals surface area contributed by atoms with Gasteiger partial charge in [0.1, 0.15) is 17.0 Å². The molecule has 136 valence electrons. The maximum atomic E-state index is 10.4. The minimum atomic E-state index is -0.968. The van der Waals surface area contributed by atoms with E-state index in [1.165, 1.54) is 32.1 Å². The number of aromatic hydroxyl groups is 1. The van der Waals surface area contributed by atoms with Crippen LogP contribution in [-0.4, -0.2) is 40.0 Å². The van der Waals surface area contributed by atoms with Crippen LogP contribution in [0.3, 0.4) is 0 Å². The molecule has 0 spiro atoms. The van der Waals surface area contributed by atoms with Crippen LogP contribution in [0.5, 0.6) is 5.75 Å². The number of benzene rings is 1. The summed E-state index contributed by atoms with van der Waals surface area (Å²) in [4.78, 5) is 23.6. The van der Waals surface area contributed by atoms with Gasteiger partial charge in [0.15, 0.2) is 6.29 Å². The molecule has 1 saturated carbocycles. The SMILES string of the molecule is NC1CCCCC1.NCC(=O)O.O=Cc1ccc2cccc(O)c2n1. The Morgan fingerprint density at radius 2 is 1.84 bits per heavy atom. The number of para-hydroxylation sites is 1. The van der Waals surface area contributed by atoms with Crippen molar-refractivity contribution in [3.63, 3.8) is 0 Å². The fourth-order valence-electron chi connectivity index (χ4n) is 2.35. The predicted molar refractivity (Wildman–Crippen MR) is 96.5 cm³/mol. The first-order valence-electron chi connectivity index (χ1n) is 8.19. The minimum Gasteiger partial charge on any atom is -0.506 e. The van der Waals surface area contributed by atoms with Crippen LogP contribution >= 0.6 is 0 Å². The van der Waals surface area contributed by atoms with Crippen LogP contribution in [-0.2, 0) is 4.79 Å². The lowest BCUT2D eigenvalue weighted by Gasteiger charge is -2.15. The Labute approximate surface area is 146 Å². The third-order valence-electron chi connectivity index (χ3n) is 3.67. The minimum absolute atomic E-state index is 0.0983. The zero-order valence-corrected chi connectivity index (χ0v) is 14.1. The Bertz CT molecular complexity index is 685. The van der Waals surface area contributed by atoms with Crippen LogP contribution < -0.4 is 11.5 Å². The van der Waals surface area contributed by atoms with Gasteiger partial charge in [-0.15, -0.1) is 0 Å². The van der Waals surface area contributed by atoms with Crippen molar-refractivity contribution >= 4 is 23.2 Å². The highest BCUT2D eigenvalue weighted by atomic mass is 16.4. The third-order valence-corrected chi connectivity index (χ3v) is 3.67. The molecule has 1 aliphatic carbocycles. The molecule has 0 saturated heterocycles. The first-order valence-corrected chi connectivity index (χ1v) is 8.19. The number of nitrogens with two attached hydrogens (primary N) is 2. The number of aldehydes is 1. The summed E-state index contributed by atoms with van der Waals surface area (Å²) >= 11 is 0. The molecular weight excluding hydrogens is 322 g/mol.